The highest BCUT2D eigenvalue weighted by Crippen LogP contribution is 2.20. The van der Waals surface area contributed by atoms with E-state index in [1.807, 2.05) is 17.6 Å². The number of hydrogen-bond donors (Lipinski definition) is 1. The van der Waals surface area contributed by atoms with Crippen LogP contribution in [0.25, 0.3) is 0 Å². The van der Waals surface area contributed by atoms with Gasteiger partial charge in [0, 0.05) is 6.04 Å². The van der Waals surface area contributed by atoms with Crippen LogP contribution in [0.15, 0.2) is 18.2 Å². The average Bonchev–Trinajstić information content (AvgIpc) is 2.72. The van der Waals surface area contributed by atoms with E-state index in [0.29, 0.717) is 11.4 Å². The van der Waals surface area contributed by atoms with Gasteiger partial charge in [0.1, 0.15) is 12.4 Å². The third-order valence-corrected chi connectivity index (χ3v) is 3.28. The molecule has 0 aliphatic carbocycles. The van der Waals surface area contributed by atoms with Crippen LogP contribution in [0.2, 0.25) is 0 Å². The van der Waals surface area contributed by atoms with E-state index < -0.39 is 0 Å². The van der Waals surface area contributed by atoms with Crippen molar-refractivity contribution < 1.29 is 4.74 Å². The van der Waals surface area contributed by atoms with Crippen LogP contribution in [0.4, 0.5) is 0 Å². The summed E-state index contributed by atoms with van der Waals surface area (Å²) in [5.41, 5.74) is 2.30. The Labute approximate surface area is 118 Å². The molecule has 0 aliphatic heterocycles. The highest BCUT2D eigenvalue weighted by molar-refractivity contribution is 7.71. The molecular weight excluding hydrogens is 258 g/mol. The summed E-state index contributed by atoms with van der Waals surface area (Å²) in [6.07, 6.45) is 0. The normalized spacial score (nSPS) is 11.0. The summed E-state index contributed by atoms with van der Waals surface area (Å²) in [7, 11) is 0. The molecule has 4 nitrogen and oxygen atoms in total. The van der Waals surface area contributed by atoms with E-state index in [4.69, 9.17) is 17.0 Å². The Bertz CT molecular complexity index is 628. The van der Waals surface area contributed by atoms with Crippen LogP contribution < -0.4 is 4.74 Å². The standard InChI is InChI=1S/C14H19N3OS/c1-9(2)17-13(15-16-14(17)19)8-18-12-7-10(3)5-6-11(12)4/h5-7,9H,8H2,1-4H3,(H,16,19). The van der Waals surface area contributed by atoms with E-state index in [2.05, 4.69) is 43.1 Å². The first-order valence-electron chi connectivity index (χ1n) is 6.35. The minimum absolute atomic E-state index is 0.267. The molecule has 2 rings (SSSR count). The predicted molar refractivity (Wildman–Crippen MR) is 78.0 cm³/mol. The maximum atomic E-state index is 5.86. The lowest BCUT2D eigenvalue weighted by Gasteiger charge is -2.12. The van der Waals surface area contributed by atoms with Crippen LogP contribution in [-0.4, -0.2) is 14.8 Å². The van der Waals surface area contributed by atoms with Gasteiger partial charge in [-0.15, -0.1) is 0 Å². The molecule has 1 aromatic heterocycles. The summed E-state index contributed by atoms with van der Waals surface area (Å²) in [5.74, 6) is 1.71. The number of nitrogens with one attached hydrogen (secondary N) is 1. The quantitative estimate of drug-likeness (QED) is 0.866. The summed E-state index contributed by atoms with van der Waals surface area (Å²) < 4.78 is 8.46. The monoisotopic (exact) mass is 277 g/mol. The van der Waals surface area contributed by atoms with E-state index in [1.54, 1.807) is 0 Å². The lowest BCUT2D eigenvalue weighted by molar-refractivity contribution is 0.283. The largest absolute Gasteiger partial charge is 0.485 e. The Balaban J connectivity index is 2.19. The van der Waals surface area contributed by atoms with Crippen LogP contribution in [0.3, 0.4) is 0 Å². The number of nitrogens with zero attached hydrogens (tertiary/aromatic N) is 2. The van der Waals surface area contributed by atoms with Crippen molar-refractivity contribution >= 4 is 12.2 Å². The van der Waals surface area contributed by atoms with Crippen molar-refractivity contribution in [1.82, 2.24) is 14.8 Å². The molecule has 2 aromatic rings. The van der Waals surface area contributed by atoms with E-state index in [1.165, 1.54) is 5.56 Å². The number of aryl methyl sites for hydroxylation is 2. The number of benzene rings is 1. The Kier molecular flexibility index (Phi) is 4.04. The number of aromatic amines is 1. The van der Waals surface area contributed by atoms with Crippen LogP contribution in [0, 0.1) is 18.6 Å². The van der Waals surface area contributed by atoms with Crippen LogP contribution >= 0.6 is 12.2 Å². The topological polar surface area (TPSA) is 42.8 Å². The molecule has 102 valence electrons. The molecule has 0 aliphatic rings. The molecule has 1 aromatic carbocycles. The molecule has 0 fully saturated rings. The number of aromatic nitrogens is 3. The molecule has 0 saturated carbocycles. The van der Waals surface area contributed by atoms with E-state index in [-0.39, 0.29) is 6.04 Å². The van der Waals surface area contributed by atoms with E-state index in [0.717, 1.165) is 17.1 Å². The zero-order chi connectivity index (χ0) is 14.0. The smallest absolute Gasteiger partial charge is 0.195 e. The van der Waals surface area contributed by atoms with Gasteiger partial charge in [-0.05, 0) is 57.1 Å². The highest BCUT2D eigenvalue weighted by atomic mass is 32.1. The maximum absolute atomic E-state index is 5.86. The molecule has 0 bridgehead atoms. The van der Waals surface area contributed by atoms with E-state index >= 15 is 0 Å². The average molecular weight is 277 g/mol. The van der Waals surface area contributed by atoms with Crippen LogP contribution in [-0.2, 0) is 6.61 Å². The van der Waals surface area contributed by atoms with Gasteiger partial charge in [-0.3, -0.25) is 9.67 Å². The summed E-state index contributed by atoms with van der Waals surface area (Å²) in [6, 6.07) is 6.44. The lowest BCUT2D eigenvalue weighted by atomic mass is 10.1. The van der Waals surface area contributed by atoms with Crippen molar-refractivity contribution in [2.75, 3.05) is 0 Å². The summed E-state index contributed by atoms with van der Waals surface area (Å²) in [6.45, 7) is 8.65. The van der Waals surface area contributed by atoms with Crippen molar-refractivity contribution in [2.45, 2.75) is 40.3 Å². The van der Waals surface area contributed by atoms with Crippen molar-refractivity contribution in [3.63, 3.8) is 0 Å². The number of H-pyrrole nitrogens is 1. The molecule has 0 unspecified atom stereocenters. The van der Waals surface area contributed by atoms with E-state index in [9.17, 15) is 0 Å². The zero-order valence-corrected chi connectivity index (χ0v) is 12.5. The van der Waals surface area contributed by atoms with Gasteiger partial charge in [0.25, 0.3) is 0 Å². The lowest BCUT2D eigenvalue weighted by Crippen LogP contribution is -2.09. The van der Waals surface area contributed by atoms with Crippen molar-refractivity contribution in [2.24, 2.45) is 0 Å². The number of rotatable bonds is 4. The van der Waals surface area contributed by atoms with Gasteiger partial charge >= 0.3 is 0 Å². The molecule has 0 amide bonds. The summed E-state index contributed by atoms with van der Waals surface area (Å²) in [5, 5.41) is 7.04. The van der Waals surface area contributed by atoms with Gasteiger partial charge in [-0.2, -0.15) is 5.10 Å². The Morgan fingerprint density at radius 1 is 1.37 bits per heavy atom. The van der Waals surface area contributed by atoms with Crippen molar-refractivity contribution in [1.29, 1.82) is 0 Å². The second-order valence-electron chi connectivity index (χ2n) is 4.97. The molecule has 0 radical (unpaired) electrons. The predicted octanol–water partition coefficient (Wildman–Crippen LogP) is 3.72. The minimum atomic E-state index is 0.267. The van der Waals surface area contributed by atoms with Crippen LogP contribution in [0.1, 0.15) is 36.8 Å². The SMILES string of the molecule is Cc1ccc(C)c(OCc2n[nH]c(=S)n2C(C)C)c1. The molecule has 5 heteroatoms. The van der Waals surface area contributed by atoms with Crippen molar-refractivity contribution in [3.05, 3.63) is 39.9 Å². The minimum Gasteiger partial charge on any atom is -0.485 e. The fourth-order valence-corrected chi connectivity index (χ4v) is 2.34. The molecule has 0 atom stereocenters. The number of ether oxygens (including phenoxy) is 1. The second-order valence-corrected chi connectivity index (χ2v) is 5.35. The molecule has 0 saturated heterocycles. The maximum Gasteiger partial charge on any atom is 0.195 e. The van der Waals surface area contributed by atoms with Gasteiger partial charge in [0.05, 0.1) is 0 Å². The van der Waals surface area contributed by atoms with Gasteiger partial charge in [0.15, 0.2) is 10.6 Å². The molecular formula is C14H19N3OS. The zero-order valence-electron chi connectivity index (χ0n) is 11.7. The fourth-order valence-electron chi connectivity index (χ4n) is 1.98. The third-order valence-electron chi connectivity index (χ3n) is 2.99. The van der Waals surface area contributed by atoms with Gasteiger partial charge in [-0.25, -0.2) is 0 Å². The fraction of sp³-hybridized carbons (Fsp3) is 0.429. The molecule has 1 N–H and O–H groups in total. The van der Waals surface area contributed by atoms with Gasteiger partial charge in [0.2, 0.25) is 0 Å². The molecule has 19 heavy (non-hydrogen) atoms. The first-order valence-corrected chi connectivity index (χ1v) is 6.75. The summed E-state index contributed by atoms with van der Waals surface area (Å²) in [4.78, 5) is 0. The molecule has 0 spiro atoms. The van der Waals surface area contributed by atoms with Gasteiger partial charge in [-0.1, -0.05) is 12.1 Å². The first kappa shape index (κ1) is 13.8. The van der Waals surface area contributed by atoms with Crippen LogP contribution in [0.5, 0.6) is 5.75 Å². The Morgan fingerprint density at radius 2 is 2.11 bits per heavy atom. The number of hydrogen-bond acceptors (Lipinski definition) is 3. The summed E-state index contributed by atoms with van der Waals surface area (Å²) >= 11 is 5.22. The van der Waals surface area contributed by atoms with Crippen molar-refractivity contribution in [3.8, 4) is 5.75 Å². The second kappa shape index (κ2) is 5.57. The third kappa shape index (κ3) is 3.04. The Morgan fingerprint density at radius 3 is 2.79 bits per heavy atom. The Hall–Kier alpha value is -1.62. The molecule has 1 heterocycles. The highest BCUT2D eigenvalue weighted by Gasteiger charge is 2.10. The first-order chi connectivity index (χ1) is 8.99. The van der Waals surface area contributed by atoms with Gasteiger partial charge < -0.3 is 4.74 Å².